The Labute approximate surface area is 103 Å². The van der Waals surface area contributed by atoms with Crippen LogP contribution in [-0.2, 0) is 4.79 Å². The molecule has 0 aliphatic rings. The summed E-state index contributed by atoms with van der Waals surface area (Å²) in [6.45, 7) is 8.10. The summed E-state index contributed by atoms with van der Waals surface area (Å²) < 4.78 is 5.60. The smallest absolute Gasteiger partial charge is 0.258 e. The van der Waals surface area contributed by atoms with Gasteiger partial charge in [-0.15, -0.1) is 0 Å². The number of carbonyl (C=O) groups excluding carboxylic acids is 1. The van der Waals surface area contributed by atoms with Crippen LogP contribution in [0, 0.1) is 5.92 Å². The highest BCUT2D eigenvalue weighted by molar-refractivity contribution is 5.79. The molecule has 1 aromatic rings. The van der Waals surface area contributed by atoms with Gasteiger partial charge in [-0.25, -0.2) is 0 Å². The van der Waals surface area contributed by atoms with Crippen molar-refractivity contribution in [2.24, 2.45) is 11.7 Å². The number of ether oxygens (including phenoxy) is 1. The largest absolute Gasteiger partial charge is 0.480 e. The lowest BCUT2D eigenvalue weighted by Gasteiger charge is -2.19. The molecule has 0 spiro atoms. The van der Waals surface area contributed by atoms with E-state index < -0.39 is 12.0 Å². The minimum absolute atomic E-state index is 0.0669. The van der Waals surface area contributed by atoms with E-state index in [0.29, 0.717) is 11.7 Å². The van der Waals surface area contributed by atoms with Crippen molar-refractivity contribution in [3.8, 4) is 5.75 Å². The van der Waals surface area contributed by atoms with Crippen LogP contribution in [-0.4, -0.2) is 12.0 Å². The molecule has 0 aliphatic carbocycles. The Morgan fingerprint density at radius 2 is 1.65 bits per heavy atom. The number of rotatable bonds is 5. The van der Waals surface area contributed by atoms with Gasteiger partial charge in [0.1, 0.15) is 5.75 Å². The summed E-state index contributed by atoms with van der Waals surface area (Å²) in [5, 5.41) is 0. The van der Waals surface area contributed by atoms with Gasteiger partial charge in [0.25, 0.3) is 5.91 Å². The number of nitrogens with two attached hydrogens (primary N) is 1. The average Bonchev–Trinajstić information content (AvgIpc) is 2.25. The number of benzene rings is 1. The topological polar surface area (TPSA) is 52.3 Å². The molecule has 0 saturated carbocycles. The van der Waals surface area contributed by atoms with Crippen LogP contribution in [0.1, 0.15) is 39.2 Å². The summed E-state index contributed by atoms with van der Waals surface area (Å²) in [5.74, 6) is 0.818. The van der Waals surface area contributed by atoms with Crippen LogP contribution in [0.5, 0.6) is 5.75 Å². The van der Waals surface area contributed by atoms with Crippen LogP contribution >= 0.6 is 0 Å². The van der Waals surface area contributed by atoms with Crippen LogP contribution in [0.2, 0.25) is 0 Å². The Morgan fingerprint density at radius 3 is 2.00 bits per heavy atom. The lowest BCUT2D eigenvalue weighted by molar-refractivity contribution is -0.126. The van der Waals surface area contributed by atoms with Crippen molar-refractivity contribution in [3.05, 3.63) is 29.8 Å². The van der Waals surface area contributed by atoms with Gasteiger partial charge in [0, 0.05) is 0 Å². The zero-order chi connectivity index (χ0) is 13.0. The fourth-order valence-corrected chi connectivity index (χ4v) is 1.60. The van der Waals surface area contributed by atoms with Crippen molar-refractivity contribution >= 4 is 5.91 Å². The van der Waals surface area contributed by atoms with Crippen molar-refractivity contribution in [1.82, 2.24) is 0 Å². The highest BCUT2D eigenvalue weighted by atomic mass is 16.5. The average molecular weight is 235 g/mol. The molecule has 0 aliphatic heterocycles. The van der Waals surface area contributed by atoms with Crippen molar-refractivity contribution in [3.63, 3.8) is 0 Å². The minimum atomic E-state index is -0.570. The lowest BCUT2D eigenvalue weighted by Crippen LogP contribution is -2.37. The summed E-state index contributed by atoms with van der Waals surface area (Å²) in [6.07, 6.45) is -0.570. The number of primary amides is 1. The molecule has 1 amide bonds. The summed E-state index contributed by atoms with van der Waals surface area (Å²) in [4.78, 5) is 11.2. The SMILES string of the molecule is CC(C)c1ccc(OC(C(N)=O)C(C)C)cc1. The molecule has 94 valence electrons. The number of hydrogen-bond donors (Lipinski definition) is 1. The van der Waals surface area contributed by atoms with Crippen LogP contribution in [0.25, 0.3) is 0 Å². The molecule has 0 saturated heterocycles. The second-order valence-corrected chi connectivity index (χ2v) is 4.91. The maximum Gasteiger partial charge on any atom is 0.258 e. The molecule has 1 unspecified atom stereocenters. The summed E-state index contributed by atoms with van der Waals surface area (Å²) >= 11 is 0. The number of carbonyl (C=O) groups is 1. The highest BCUT2D eigenvalue weighted by Gasteiger charge is 2.21. The van der Waals surface area contributed by atoms with E-state index in [9.17, 15) is 4.79 Å². The van der Waals surface area contributed by atoms with Crippen molar-refractivity contribution in [1.29, 1.82) is 0 Å². The van der Waals surface area contributed by atoms with Gasteiger partial charge >= 0.3 is 0 Å². The molecule has 0 aromatic heterocycles. The third-order valence-corrected chi connectivity index (χ3v) is 2.70. The molecular weight excluding hydrogens is 214 g/mol. The monoisotopic (exact) mass is 235 g/mol. The quantitative estimate of drug-likeness (QED) is 0.853. The molecule has 2 N–H and O–H groups in total. The second kappa shape index (κ2) is 5.71. The molecule has 17 heavy (non-hydrogen) atoms. The van der Waals surface area contributed by atoms with Gasteiger partial charge in [-0.05, 0) is 29.5 Å². The van der Waals surface area contributed by atoms with Gasteiger partial charge in [-0.2, -0.15) is 0 Å². The summed E-state index contributed by atoms with van der Waals surface area (Å²) in [6, 6.07) is 7.79. The first-order valence-electron chi connectivity index (χ1n) is 5.97. The Morgan fingerprint density at radius 1 is 1.12 bits per heavy atom. The molecule has 1 atom stereocenters. The first-order chi connectivity index (χ1) is 7.91. The van der Waals surface area contributed by atoms with E-state index in [1.54, 1.807) is 0 Å². The zero-order valence-electron chi connectivity index (χ0n) is 10.9. The third-order valence-electron chi connectivity index (χ3n) is 2.70. The predicted octanol–water partition coefficient (Wildman–Crippen LogP) is 2.70. The van der Waals surface area contributed by atoms with Gasteiger partial charge < -0.3 is 10.5 Å². The van der Waals surface area contributed by atoms with Crippen LogP contribution in [0.4, 0.5) is 0 Å². The first kappa shape index (κ1) is 13.6. The maximum atomic E-state index is 11.2. The van der Waals surface area contributed by atoms with E-state index in [1.807, 2.05) is 38.1 Å². The van der Waals surface area contributed by atoms with Crippen LogP contribution < -0.4 is 10.5 Å². The van der Waals surface area contributed by atoms with E-state index in [2.05, 4.69) is 13.8 Å². The fourth-order valence-electron chi connectivity index (χ4n) is 1.60. The lowest BCUT2D eigenvalue weighted by atomic mass is 10.0. The van der Waals surface area contributed by atoms with Gasteiger partial charge in [0.05, 0.1) is 0 Å². The molecule has 0 heterocycles. The zero-order valence-corrected chi connectivity index (χ0v) is 10.9. The van der Waals surface area contributed by atoms with E-state index in [0.717, 1.165) is 0 Å². The summed E-state index contributed by atoms with van der Waals surface area (Å²) in [5.41, 5.74) is 6.55. The first-order valence-corrected chi connectivity index (χ1v) is 5.97. The Hall–Kier alpha value is -1.51. The van der Waals surface area contributed by atoms with E-state index >= 15 is 0 Å². The molecule has 1 rings (SSSR count). The number of hydrogen-bond acceptors (Lipinski definition) is 2. The van der Waals surface area contributed by atoms with Gasteiger partial charge in [0.2, 0.25) is 0 Å². The normalized spacial score (nSPS) is 12.8. The molecule has 0 fully saturated rings. The molecule has 1 aromatic carbocycles. The van der Waals surface area contributed by atoms with E-state index in [-0.39, 0.29) is 5.92 Å². The predicted molar refractivity (Wildman–Crippen MR) is 69.0 cm³/mol. The van der Waals surface area contributed by atoms with Gasteiger partial charge in [-0.3, -0.25) is 4.79 Å². The molecule has 3 nitrogen and oxygen atoms in total. The fraction of sp³-hybridized carbons (Fsp3) is 0.500. The Bertz CT molecular complexity index is 368. The standard InChI is InChI=1S/C14H21NO2/c1-9(2)11-5-7-12(8-6-11)17-13(10(3)4)14(15)16/h5-10,13H,1-4H3,(H2,15,16). The number of amides is 1. The second-order valence-electron chi connectivity index (χ2n) is 4.91. The van der Waals surface area contributed by atoms with Crippen molar-refractivity contribution in [2.75, 3.05) is 0 Å². The van der Waals surface area contributed by atoms with Crippen molar-refractivity contribution in [2.45, 2.75) is 39.7 Å². The van der Waals surface area contributed by atoms with Crippen LogP contribution in [0.15, 0.2) is 24.3 Å². The molecule has 0 bridgehead atoms. The molecule has 3 heteroatoms. The Kier molecular flexibility index (Phi) is 4.55. The summed E-state index contributed by atoms with van der Waals surface area (Å²) in [7, 11) is 0. The molecule has 0 radical (unpaired) electrons. The Balaban J connectivity index is 2.77. The molecular formula is C14H21NO2. The third kappa shape index (κ3) is 3.77. The van der Waals surface area contributed by atoms with Gasteiger partial charge in [-0.1, -0.05) is 39.8 Å². The van der Waals surface area contributed by atoms with E-state index in [4.69, 9.17) is 10.5 Å². The highest BCUT2D eigenvalue weighted by Crippen LogP contribution is 2.20. The van der Waals surface area contributed by atoms with Crippen molar-refractivity contribution < 1.29 is 9.53 Å². The van der Waals surface area contributed by atoms with E-state index in [1.165, 1.54) is 5.56 Å². The minimum Gasteiger partial charge on any atom is -0.480 e. The van der Waals surface area contributed by atoms with Crippen LogP contribution in [0.3, 0.4) is 0 Å². The maximum absolute atomic E-state index is 11.2. The van der Waals surface area contributed by atoms with Gasteiger partial charge in [0.15, 0.2) is 6.10 Å².